The van der Waals surface area contributed by atoms with Crippen LogP contribution in [0.1, 0.15) is 18.4 Å². The fraction of sp³-hybridized carbons (Fsp3) is 0.500. The molecular weight excluding hydrogens is 346 g/mol. The SMILES string of the molecule is COc1ccccc1N1CCN(C(Cc2ccccc2)C2CCCNC2)CC1. The Kier molecular flexibility index (Phi) is 6.50. The van der Waals surface area contributed by atoms with Crippen LogP contribution in [0.15, 0.2) is 54.6 Å². The minimum atomic E-state index is 0.620. The normalized spacial score (nSPS) is 22.0. The summed E-state index contributed by atoms with van der Waals surface area (Å²) in [5, 5.41) is 3.64. The molecule has 2 unspecified atom stereocenters. The number of anilines is 1. The van der Waals surface area contributed by atoms with Gasteiger partial charge in [0, 0.05) is 32.2 Å². The predicted molar refractivity (Wildman–Crippen MR) is 116 cm³/mol. The van der Waals surface area contributed by atoms with Gasteiger partial charge >= 0.3 is 0 Å². The van der Waals surface area contributed by atoms with Crippen LogP contribution in [0.2, 0.25) is 0 Å². The smallest absolute Gasteiger partial charge is 0.142 e. The van der Waals surface area contributed by atoms with E-state index in [1.54, 1.807) is 7.11 Å². The second-order valence-electron chi connectivity index (χ2n) is 8.06. The van der Waals surface area contributed by atoms with Gasteiger partial charge in [-0.25, -0.2) is 0 Å². The first-order valence-corrected chi connectivity index (χ1v) is 10.7. The summed E-state index contributed by atoms with van der Waals surface area (Å²) in [6.45, 7) is 6.69. The van der Waals surface area contributed by atoms with Gasteiger partial charge in [-0.15, -0.1) is 0 Å². The Morgan fingerprint density at radius 3 is 2.46 bits per heavy atom. The summed E-state index contributed by atoms with van der Waals surface area (Å²) in [5.74, 6) is 1.72. The number of rotatable bonds is 6. The molecule has 2 aromatic rings. The lowest BCUT2D eigenvalue weighted by Crippen LogP contribution is -2.55. The Morgan fingerprint density at radius 2 is 1.75 bits per heavy atom. The zero-order valence-corrected chi connectivity index (χ0v) is 17.0. The lowest BCUT2D eigenvalue weighted by Gasteiger charge is -2.44. The lowest BCUT2D eigenvalue weighted by molar-refractivity contribution is 0.116. The minimum absolute atomic E-state index is 0.620. The fourth-order valence-corrected chi connectivity index (χ4v) is 4.84. The maximum atomic E-state index is 5.58. The third-order valence-electron chi connectivity index (χ3n) is 6.38. The number of hydrogen-bond acceptors (Lipinski definition) is 4. The van der Waals surface area contributed by atoms with Crippen LogP contribution < -0.4 is 15.0 Å². The maximum absolute atomic E-state index is 5.58. The number of nitrogens with zero attached hydrogens (tertiary/aromatic N) is 2. The molecule has 2 atom stereocenters. The van der Waals surface area contributed by atoms with Crippen molar-refractivity contribution in [2.24, 2.45) is 5.92 Å². The first kappa shape index (κ1) is 19.3. The van der Waals surface area contributed by atoms with Gasteiger partial charge in [-0.3, -0.25) is 4.90 Å². The summed E-state index contributed by atoms with van der Waals surface area (Å²) in [5.41, 5.74) is 2.69. The van der Waals surface area contributed by atoms with Gasteiger partial charge < -0.3 is 15.0 Å². The van der Waals surface area contributed by atoms with Crippen LogP contribution >= 0.6 is 0 Å². The van der Waals surface area contributed by atoms with Crippen LogP contribution in [-0.2, 0) is 6.42 Å². The summed E-state index contributed by atoms with van der Waals surface area (Å²) in [6, 6.07) is 20.1. The monoisotopic (exact) mass is 379 g/mol. The quantitative estimate of drug-likeness (QED) is 0.832. The molecule has 2 fully saturated rings. The van der Waals surface area contributed by atoms with Crippen LogP contribution in [0, 0.1) is 5.92 Å². The third kappa shape index (κ3) is 4.50. The van der Waals surface area contributed by atoms with Gasteiger partial charge in [0.15, 0.2) is 0 Å². The van der Waals surface area contributed by atoms with Gasteiger partial charge in [0.2, 0.25) is 0 Å². The average Bonchev–Trinajstić information content (AvgIpc) is 2.79. The predicted octanol–water partition coefficient (Wildman–Crippen LogP) is 3.43. The molecule has 4 nitrogen and oxygen atoms in total. The highest BCUT2D eigenvalue weighted by atomic mass is 16.5. The van der Waals surface area contributed by atoms with Crippen molar-refractivity contribution >= 4 is 5.69 Å². The van der Waals surface area contributed by atoms with Gasteiger partial charge in [-0.1, -0.05) is 42.5 Å². The number of benzene rings is 2. The molecule has 0 spiro atoms. The van der Waals surface area contributed by atoms with Crippen LogP contribution in [0.25, 0.3) is 0 Å². The molecule has 28 heavy (non-hydrogen) atoms. The van der Waals surface area contributed by atoms with Crippen LogP contribution in [0.3, 0.4) is 0 Å². The van der Waals surface area contributed by atoms with Crippen molar-refractivity contribution < 1.29 is 4.74 Å². The van der Waals surface area contributed by atoms with Crippen LogP contribution in [0.4, 0.5) is 5.69 Å². The zero-order valence-electron chi connectivity index (χ0n) is 17.0. The Hall–Kier alpha value is -2.04. The number of hydrogen-bond donors (Lipinski definition) is 1. The molecule has 150 valence electrons. The van der Waals surface area contributed by atoms with Crippen LogP contribution in [0.5, 0.6) is 5.75 Å². The highest BCUT2D eigenvalue weighted by molar-refractivity contribution is 5.58. The van der Waals surface area contributed by atoms with Crippen molar-refractivity contribution in [2.75, 3.05) is 51.3 Å². The number of ether oxygens (including phenoxy) is 1. The van der Waals surface area contributed by atoms with E-state index in [1.165, 1.54) is 30.6 Å². The van der Waals surface area contributed by atoms with Gasteiger partial charge in [0.25, 0.3) is 0 Å². The molecule has 0 amide bonds. The summed E-state index contributed by atoms with van der Waals surface area (Å²) >= 11 is 0. The second kappa shape index (κ2) is 9.44. The highest BCUT2D eigenvalue weighted by Crippen LogP contribution is 2.30. The van der Waals surface area contributed by atoms with Crippen molar-refractivity contribution in [1.29, 1.82) is 0 Å². The summed E-state index contributed by atoms with van der Waals surface area (Å²) in [4.78, 5) is 5.23. The van der Waals surface area contributed by atoms with Crippen LogP contribution in [-0.4, -0.2) is 57.3 Å². The first-order valence-electron chi connectivity index (χ1n) is 10.7. The van der Waals surface area contributed by atoms with Gasteiger partial charge in [0.05, 0.1) is 12.8 Å². The number of para-hydroxylation sites is 2. The van der Waals surface area contributed by atoms with E-state index in [2.05, 4.69) is 63.6 Å². The Bertz CT molecular complexity index is 722. The molecule has 2 heterocycles. The summed E-state index contributed by atoms with van der Waals surface area (Å²) in [7, 11) is 1.76. The van der Waals surface area contributed by atoms with E-state index in [0.29, 0.717) is 6.04 Å². The molecule has 2 aliphatic heterocycles. The average molecular weight is 380 g/mol. The Balaban J connectivity index is 1.45. The number of piperazine rings is 1. The fourth-order valence-electron chi connectivity index (χ4n) is 4.84. The minimum Gasteiger partial charge on any atom is -0.495 e. The summed E-state index contributed by atoms with van der Waals surface area (Å²) < 4.78 is 5.58. The highest BCUT2D eigenvalue weighted by Gasteiger charge is 2.31. The zero-order chi connectivity index (χ0) is 19.2. The molecule has 1 N–H and O–H groups in total. The van der Waals surface area contributed by atoms with E-state index in [0.717, 1.165) is 50.8 Å². The second-order valence-corrected chi connectivity index (χ2v) is 8.06. The van der Waals surface area contributed by atoms with E-state index in [1.807, 2.05) is 6.07 Å². The van der Waals surface area contributed by atoms with Crippen molar-refractivity contribution in [3.8, 4) is 5.75 Å². The lowest BCUT2D eigenvalue weighted by atomic mass is 9.86. The molecule has 4 heteroatoms. The molecule has 0 bridgehead atoms. The van der Waals surface area contributed by atoms with E-state index in [9.17, 15) is 0 Å². The van der Waals surface area contributed by atoms with Crippen molar-refractivity contribution in [3.05, 3.63) is 60.2 Å². The Labute approximate surface area is 169 Å². The Morgan fingerprint density at radius 1 is 1.00 bits per heavy atom. The third-order valence-corrected chi connectivity index (χ3v) is 6.38. The molecule has 0 saturated carbocycles. The number of methoxy groups -OCH3 is 1. The van der Waals surface area contributed by atoms with E-state index < -0.39 is 0 Å². The first-order chi connectivity index (χ1) is 13.8. The molecule has 0 radical (unpaired) electrons. The molecular formula is C24H33N3O. The van der Waals surface area contributed by atoms with Crippen molar-refractivity contribution in [3.63, 3.8) is 0 Å². The number of nitrogens with one attached hydrogen (secondary N) is 1. The van der Waals surface area contributed by atoms with Gasteiger partial charge in [-0.2, -0.15) is 0 Å². The number of piperidine rings is 1. The van der Waals surface area contributed by atoms with Gasteiger partial charge in [-0.05, 0) is 56.0 Å². The standard InChI is InChI=1S/C24H33N3O/c1-28-24-12-6-5-11-22(24)26-14-16-27(17-15-26)23(21-10-7-13-25-19-21)18-20-8-3-2-4-9-20/h2-6,8-9,11-12,21,23,25H,7,10,13-19H2,1H3. The molecule has 2 aliphatic rings. The summed E-state index contributed by atoms with van der Waals surface area (Å²) in [6.07, 6.45) is 3.80. The van der Waals surface area contributed by atoms with Crippen molar-refractivity contribution in [2.45, 2.75) is 25.3 Å². The van der Waals surface area contributed by atoms with E-state index >= 15 is 0 Å². The molecule has 2 aromatic carbocycles. The maximum Gasteiger partial charge on any atom is 0.142 e. The van der Waals surface area contributed by atoms with E-state index in [-0.39, 0.29) is 0 Å². The van der Waals surface area contributed by atoms with Crippen molar-refractivity contribution in [1.82, 2.24) is 10.2 Å². The van der Waals surface area contributed by atoms with Gasteiger partial charge in [0.1, 0.15) is 5.75 Å². The molecule has 2 saturated heterocycles. The largest absolute Gasteiger partial charge is 0.495 e. The topological polar surface area (TPSA) is 27.7 Å². The van der Waals surface area contributed by atoms with E-state index in [4.69, 9.17) is 4.74 Å². The molecule has 0 aromatic heterocycles. The molecule has 4 rings (SSSR count). The molecule has 0 aliphatic carbocycles.